The van der Waals surface area contributed by atoms with Crippen molar-refractivity contribution in [1.29, 1.82) is 0 Å². The number of aromatic nitrogens is 1. The Hall–Kier alpha value is -4.03. The maximum atomic E-state index is 13.3. The number of urea groups is 1. The van der Waals surface area contributed by atoms with E-state index in [0.717, 1.165) is 11.0 Å². The number of alkyl halides is 3. The van der Waals surface area contributed by atoms with Crippen LogP contribution < -0.4 is 10.2 Å². The Bertz CT molecular complexity index is 1120. The van der Waals surface area contributed by atoms with Crippen molar-refractivity contribution in [3.05, 3.63) is 64.0 Å². The minimum absolute atomic E-state index is 0.115. The average molecular weight is 465 g/mol. The smallest absolute Gasteiger partial charge is 0.350 e. The van der Waals surface area contributed by atoms with Crippen LogP contribution in [0.1, 0.15) is 25.0 Å². The lowest BCUT2D eigenvalue weighted by molar-refractivity contribution is -0.388. The second kappa shape index (κ2) is 8.48. The molecule has 0 unspecified atom stereocenters. The number of anilines is 1. The molecule has 0 saturated carbocycles. The van der Waals surface area contributed by atoms with Crippen molar-refractivity contribution in [3.63, 3.8) is 0 Å². The van der Waals surface area contributed by atoms with Crippen LogP contribution in [0.4, 0.5) is 29.3 Å². The van der Waals surface area contributed by atoms with Crippen molar-refractivity contribution in [1.82, 2.24) is 15.2 Å². The highest BCUT2D eigenvalue weighted by Crippen LogP contribution is 2.40. The van der Waals surface area contributed by atoms with E-state index in [0.29, 0.717) is 22.6 Å². The number of rotatable bonds is 6. The molecule has 1 fully saturated rings. The lowest BCUT2D eigenvalue weighted by Crippen LogP contribution is -2.48. The van der Waals surface area contributed by atoms with Crippen LogP contribution in [0, 0.1) is 10.1 Å². The molecular weight excluding hydrogens is 447 g/mol. The molecule has 13 heteroatoms. The van der Waals surface area contributed by atoms with E-state index in [1.54, 1.807) is 18.3 Å². The molecule has 10 nitrogen and oxygen atoms in total. The van der Waals surface area contributed by atoms with Gasteiger partial charge in [0.15, 0.2) is 0 Å². The third-order valence-electron chi connectivity index (χ3n) is 5.08. The third-order valence-corrected chi connectivity index (χ3v) is 5.08. The standard InChI is InChI=1S/C20H18F3N5O5/c1-19(2)17(30)27(13-5-6-15(28(32)33)14(8-13)20(21,22)23)18(31)26(19)11-16(29)25-10-12-4-3-7-24-9-12/h3-9H,10-11H2,1-2H3,(H,25,29). The van der Waals surface area contributed by atoms with Crippen molar-refractivity contribution in [3.8, 4) is 0 Å². The highest BCUT2D eigenvalue weighted by molar-refractivity contribution is 6.23. The van der Waals surface area contributed by atoms with E-state index in [1.165, 1.54) is 20.0 Å². The first-order chi connectivity index (χ1) is 15.3. The van der Waals surface area contributed by atoms with E-state index in [9.17, 15) is 37.7 Å². The number of imide groups is 1. The zero-order valence-electron chi connectivity index (χ0n) is 17.4. The largest absolute Gasteiger partial charge is 0.423 e. The Morgan fingerprint density at radius 2 is 1.94 bits per heavy atom. The molecule has 1 aromatic heterocycles. The van der Waals surface area contributed by atoms with Gasteiger partial charge >= 0.3 is 12.2 Å². The molecule has 2 heterocycles. The average Bonchev–Trinajstić information content (AvgIpc) is 2.91. The van der Waals surface area contributed by atoms with Crippen LogP contribution in [-0.4, -0.2) is 44.7 Å². The van der Waals surface area contributed by atoms with Gasteiger partial charge in [-0.15, -0.1) is 0 Å². The van der Waals surface area contributed by atoms with Crippen LogP contribution in [-0.2, 0) is 22.3 Å². The molecule has 3 rings (SSSR count). The number of nitrogens with zero attached hydrogens (tertiary/aromatic N) is 4. The summed E-state index contributed by atoms with van der Waals surface area (Å²) in [5.74, 6) is -1.48. The molecule has 1 saturated heterocycles. The minimum atomic E-state index is -5.09. The van der Waals surface area contributed by atoms with Crippen molar-refractivity contribution < 1.29 is 32.5 Å². The summed E-state index contributed by atoms with van der Waals surface area (Å²) in [4.78, 5) is 53.3. The predicted octanol–water partition coefficient (Wildman–Crippen LogP) is 2.87. The molecule has 1 N–H and O–H groups in total. The molecular formula is C20H18F3N5O5. The highest BCUT2D eigenvalue weighted by Gasteiger charge is 2.53. The number of halogens is 3. The Morgan fingerprint density at radius 3 is 2.52 bits per heavy atom. The van der Waals surface area contributed by atoms with Crippen LogP contribution in [0.3, 0.4) is 0 Å². The maximum Gasteiger partial charge on any atom is 0.423 e. The van der Waals surface area contributed by atoms with Gasteiger partial charge in [0, 0.05) is 25.0 Å². The van der Waals surface area contributed by atoms with E-state index in [1.807, 2.05) is 0 Å². The van der Waals surface area contributed by atoms with E-state index < -0.39 is 58.0 Å². The van der Waals surface area contributed by atoms with Crippen LogP contribution in [0.15, 0.2) is 42.7 Å². The summed E-state index contributed by atoms with van der Waals surface area (Å²) in [5.41, 5.74) is -4.16. The number of carbonyl (C=O) groups excluding carboxylic acids is 3. The Kier molecular flexibility index (Phi) is 6.07. The molecule has 0 aliphatic carbocycles. The van der Waals surface area contributed by atoms with Gasteiger partial charge in [-0.05, 0) is 37.6 Å². The summed E-state index contributed by atoms with van der Waals surface area (Å²) in [7, 11) is 0. The van der Waals surface area contributed by atoms with Crippen molar-refractivity contribution in [2.45, 2.75) is 32.1 Å². The van der Waals surface area contributed by atoms with Gasteiger partial charge in [-0.1, -0.05) is 6.07 Å². The summed E-state index contributed by atoms with van der Waals surface area (Å²) >= 11 is 0. The molecule has 2 aromatic rings. The van der Waals surface area contributed by atoms with Crippen molar-refractivity contribution in [2.24, 2.45) is 0 Å². The topological polar surface area (TPSA) is 126 Å². The van der Waals surface area contributed by atoms with Gasteiger partial charge in [-0.25, -0.2) is 9.69 Å². The number of nitro groups is 1. The molecule has 0 radical (unpaired) electrons. The molecule has 1 aromatic carbocycles. The molecule has 174 valence electrons. The zero-order valence-corrected chi connectivity index (χ0v) is 17.4. The fourth-order valence-corrected chi connectivity index (χ4v) is 3.28. The number of benzene rings is 1. The summed E-state index contributed by atoms with van der Waals surface area (Å²) in [6.45, 7) is 2.27. The second-order valence-corrected chi connectivity index (χ2v) is 7.66. The van der Waals surface area contributed by atoms with E-state index in [4.69, 9.17) is 0 Å². The lowest BCUT2D eigenvalue weighted by atomic mass is 10.0. The lowest BCUT2D eigenvalue weighted by Gasteiger charge is -2.27. The quantitative estimate of drug-likeness (QED) is 0.397. The van der Waals surface area contributed by atoms with Crippen LogP contribution in [0.5, 0.6) is 0 Å². The van der Waals surface area contributed by atoms with E-state index in [2.05, 4.69) is 10.3 Å². The van der Waals surface area contributed by atoms with Gasteiger partial charge in [0.2, 0.25) is 5.91 Å². The highest BCUT2D eigenvalue weighted by atomic mass is 19.4. The summed E-state index contributed by atoms with van der Waals surface area (Å²) in [6, 6.07) is 4.19. The van der Waals surface area contributed by atoms with Crippen molar-refractivity contribution >= 4 is 29.2 Å². The Labute approximate surface area is 185 Å². The molecule has 0 spiro atoms. The third kappa shape index (κ3) is 4.61. The van der Waals surface area contributed by atoms with Gasteiger partial charge in [0.05, 0.1) is 10.6 Å². The molecule has 4 amide bonds. The van der Waals surface area contributed by atoms with Crippen LogP contribution in [0.25, 0.3) is 0 Å². The molecule has 33 heavy (non-hydrogen) atoms. The number of pyridine rings is 1. The second-order valence-electron chi connectivity index (χ2n) is 7.66. The van der Waals surface area contributed by atoms with Gasteiger partial charge in [-0.3, -0.25) is 24.7 Å². The first-order valence-corrected chi connectivity index (χ1v) is 9.51. The number of hydrogen-bond acceptors (Lipinski definition) is 6. The normalized spacial score (nSPS) is 15.7. The SMILES string of the molecule is CC1(C)C(=O)N(c2ccc([N+](=O)[O-])c(C(F)(F)F)c2)C(=O)N1CC(=O)NCc1cccnc1. The minimum Gasteiger partial charge on any atom is -0.350 e. The molecule has 0 bridgehead atoms. The first-order valence-electron chi connectivity index (χ1n) is 9.51. The van der Waals surface area contributed by atoms with Crippen molar-refractivity contribution in [2.75, 3.05) is 11.4 Å². The number of nitro benzene ring substituents is 1. The zero-order chi connectivity index (χ0) is 24.6. The maximum absolute atomic E-state index is 13.3. The van der Waals surface area contributed by atoms with Gasteiger partial charge in [-0.2, -0.15) is 13.2 Å². The predicted molar refractivity (Wildman–Crippen MR) is 108 cm³/mol. The number of nitrogens with one attached hydrogen (secondary N) is 1. The van der Waals surface area contributed by atoms with Crippen LogP contribution in [0.2, 0.25) is 0 Å². The Morgan fingerprint density at radius 1 is 1.24 bits per heavy atom. The summed E-state index contributed by atoms with van der Waals surface area (Å²) in [5, 5.41) is 13.5. The fourth-order valence-electron chi connectivity index (χ4n) is 3.28. The van der Waals surface area contributed by atoms with Gasteiger partial charge < -0.3 is 10.2 Å². The monoisotopic (exact) mass is 465 g/mol. The summed E-state index contributed by atoms with van der Waals surface area (Å²) < 4.78 is 40.0. The van der Waals surface area contributed by atoms with Gasteiger partial charge in [0.25, 0.3) is 11.6 Å². The summed E-state index contributed by atoms with van der Waals surface area (Å²) in [6.07, 6.45) is -2.01. The van der Waals surface area contributed by atoms with E-state index >= 15 is 0 Å². The fraction of sp³-hybridized carbons (Fsp3) is 0.300. The van der Waals surface area contributed by atoms with E-state index in [-0.39, 0.29) is 6.54 Å². The number of hydrogen-bond donors (Lipinski definition) is 1. The molecule has 1 aliphatic heterocycles. The Balaban J connectivity index is 1.86. The molecule has 1 aliphatic rings. The number of amides is 4. The van der Waals surface area contributed by atoms with Gasteiger partial charge in [0.1, 0.15) is 17.6 Å². The number of carbonyl (C=O) groups is 3. The molecule has 0 atom stereocenters. The van der Waals surface area contributed by atoms with Crippen LogP contribution >= 0.6 is 0 Å². The first kappa shape index (κ1) is 23.6.